The predicted octanol–water partition coefficient (Wildman–Crippen LogP) is 0.953. The maximum atomic E-state index is 11.4. The van der Waals surface area contributed by atoms with Gasteiger partial charge in [-0.05, 0) is 27.7 Å². The third-order valence-electron chi connectivity index (χ3n) is 2.15. The number of carbonyl (C=O) groups is 1. The minimum Gasteiger partial charge on any atom is -0.444 e. The Morgan fingerprint density at radius 3 is 2.38 bits per heavy atom. The van der Waals surface area contributed by atoms with Crippen molar-refractivity contribution >= 4 is 6.09 Å². The lowest BCUT2D eigenvalue weighted by Crippen LogP contribution is -2.65. The molecule has 76 valence electrons. The third kappa shape index (κ3) is 2.34. The Labute approximate surface area is 79.0 Å². The Balaban J connectivity index is 2.42. The summed E-state index contributed by atoms with van der Waals surface area (Å²) in [6, 6.07) is 0.211. The highest BCUT2D eigenvalue weighted by Crippen LogP contribution is 2.19. The maximum absolute atomic E-state index is 11.4. The van der Waals surface area contributed by atoms with Crippen molar-refractivity contribution in [3.05, 3.63) is 0 Å². The van der Waals surface area contributed by atoms with E-state index in [0.29, 0.717) is 6.54 Å². The van der Waals surface area contributed by atoms with Crippen molar-refractivity contribution in [1.29, 1.82) is 0 Å². The lowest BCUT2D eigenvalue weighted by Gasteiger charge is -2.44. The van der Waals surface area contributed by atoms with Crippen LogP contribution in [0.5, 0.6) is 0 Å². The van der Waals surface area contributed by atoms with E-state index in [1.807, 2.05) is 27.7 Å². The number of nitrogens with zero attached hydrogens (tertiary/aromatic N) is 1. The van der Waals surface area contributed by atoms with Crippen molar-refractivity contribution in [3.8, 4) is 0 Å². The van der Waals surface area contributed by atoms with Crippen LogP contribution in [0.2, 0.25) is 0 Å². The Morgan fingerprint density at radius 2 is 2.08 bits per heavy atom. The van der Waals surface area contributed by atoms with Crippen LogP contribution in [0.3, 0.4) is 0 Å². The number of likely N-dealkylation sites (tertiary alicyclic amines) is 1. The van der Waals surface area contributed by atoms with E-state index in [1.165, 1.54) is 0 Å². The molecule has 1 aliphatic rings. The van der Waals surface area contributed by atoms with Crippen molar-refractivity contribution in [2.45, 2.75) is 45.4 Å². The van der Waals surface area contributed by atoms with Crippen LogP contribution < -0.4 is 5.73 Å². The van der Waals surface area contributed by atoms with Crippen LogP contribution in [0.1, 0.15) is 27.7 Å². The summed E-state index contributed by atoms with van der Waals surface area (Å²) in [5.74, 6) is 0. The highest BCUT2D eigenvalue weighted by Gasteiger charge is 2.38. The molecule has 1 amide bonds. The second-order valence-corrected chi connectivity index (χ2v) is 4.54. The molecule has 0 aromatic rings. The van der Waals surface area contributed by atoms with E-state index in [1.54, 1.807) is 4.90 Å². The number of amides is 1. The van der Waals surface area contributed by atoms with E-state index >= 15 is 0 Å². The Hall–Kier alpha value is -0.770. The molecular formula is C9H18N2O2. The highest BCUT2D eigenvalue weighted by molar-refractivity contribution is 5.70. The molecule has 4 nitrogen and oxygen atoms in total. The Morgan fingerprint density at radius 1 is 1.54 bits per heavy atom. The van der Waals surface area contributed by atoms with Gasteiger partial charge >= 0.3 is 6.09 Å². The van der Waals surface area contributed by atoms with E-state index in [9.17, 15) is 4.79 Å². The molecule has 0 bridgehead atoms. The molecule has 1 rings (SSSR count). The van der Waals surface area contributed by atoms with Gasteiger partial charge in [0.1, 0.15) is 5.60 Å². The van der Waals surface area contributed by atoms with Crippen LogP contribution >= 0.6 is 0 Å². The van der Waals surface area contributed by atoms with Gasteiger partial charge in [-0.25, -0.2) is 4.79 Å². The number of hydrogen-bond donors (Lipinski definition) is 1. The number of hydrogen-bond acceptors (Lipinski definition) is 3. The van der Waals surface area contributed by atoms with Gasteiger partial charge in [0.25, 0.3) is 0 Å². The van der Waals surface area contributed by atoms with Gasteiger partial charge in [-0.1, -0.05) is 0 Å². The number of carbonyl (C=O) groups excluding carboxylic acids is 1. The van der Waals surface area contributed by atoms with Crippen LogP contribution in [-0.4, -0.2) is 35.2 Å². The molecule has 2 N–H and O–H groups in total. The fourth-order valence-electron chi connectivity index (χ4n) is 1.20. The molecule has 1 fully saturated rings. The molecule has 4 heteroatoms. The zero-order chi connectivity index (χ0) is 10.2. The van der Waals surface area contributed by atoms with Crippen LogP contribution in [0.4, 0.5) is 4.79 Å². The summed E-state index contributed by atoms with van der Waals surface area (Å²) in [4.78, 5) is 13.1. The van der Waals surface area contributed by atoms with Gasteiger partial charge in [0.05, 0.1) is 0 Å². The average molecular weight is 186 g/mol. The van der Waals surface area contributed by atoms with Gasteiger partial charge in [0, 0.05) is 18.6 Å². The van der Waals surface area contributed by atoms with Gasteiger partial charge in [0.15, 0.2) is 0 Å². The molecule has 1 heterocycles. The smallest absolute Gasteiger partial charge is 0.410 e. The summed E-state index contributed by atoms with van der Waals surface area (Å²) in [7, 11) is 0. The highest BCUT2D eigenvalue weighted by atomic mass is 16.6. The largest absolute Gasteiger partial charge is 0.444 e. The zero-order valence-corrected chi connectivity index (χ0v) is 8.70. The molecule has 1 saturated heterocycles. The first-order valence-electron chi connectivity index (χ1n) is 4.56. The summed E-state index contributed by atoms with van der Waals surface area (Å²) in [6.07, 6.45) is -0.262. The summed E-state index contributed by atoms with van der Waals surface area (Å²) in [5.41, 5.74) is 5.24. The standard InChI is InChI=1S/C9H18N2O2/c1-6-7(10)5-11(6)8(12)13-9(2,3)4/h6-7H,5,10H2,1-4H3/t6-,7-/m0/s1. The average Bonchev–Trinajstić information content (AvgIpc) is 1.95. The van der Waals surface area contributed by atoms with E-state index in [-0.39, 0.29) is 18.2 Å². The molecule has 0 radical (unpaired) electrons. The molecule has 0 aliphatic carbocycles. The number of rotatable bonds is 0. The normalized spacial score (nSPS) is 28.2. The minimum absolute atomic E-state index is 0.104. The van der Waals surface area contributed by atoms with Crippen LogP contribution in [0.15, 0.2) is 0 Å². The minimum atomic E-state index is -0.420. The first kappa shape index (κ1) is 10.3. The number of ether oxygens (including phenoxy) is 1. The summed E-state index contributed by atoms with van der Waals surface area (Å²) in [6.45, 7) is 8.11. The first-order valence-corrected chi connectivity index (χ1v) is 4.56. The van der Waals surface area contributed by atoms with Gasteiger partial charge in [-0.3, -0.25) is 0 Å². The quantitative estimate of drug-likeness (QED) is 0.613. The first-order chi connectivity index (χ1) is 5.81. The van der Waals surface area contributed by atoms with E-state index in [2.05, 4.69) is 0 Å². The fourth-order valence-corrected chi connectivity index (χ4v) is 1.20. The molecule has 0 aromatic carbocycles. The molecule has 0 spiro atoms. The van der Waals surface area contributed by atoms with Crippen LogP contribution in [-0.2, 0) is 4.74 Å². The SMILES string of the molecule is C[C@H]1[C@@H](N)CN1C(=O)OC(C)(C)C. The molecule has 2 atom stereocenters. The molecule has 0 saturated carbocycles. The van der Waals surface area contributed by atoms with Crippen molar-refractivity contribution in [2.24, 2.45) is 5.73 Å². The van der Waals surface area contributed by atoms with Crippen molar-refractivity contribution < 1.29 is 9.53 Å². The molecule has 13 heavy (non-hydrogen) atoms. The lowest BCUT2D eigenvalue weighted by atomic mass is 10.0. The van der Waals surface area contributed by atoms with Crippen molar-refractivity contribution in [3.63, 3.8) is 0 Å². The molecule has 0 unspecified atom stereocenters. The van der Waals surface area contributed by atoms with E-state index in [0.717, 1.165) is 0 Å². The maximum Gasteiger partial charge on any atom is 0.410 e. The Kier molecular flexibility index (Phi) is 2.52. The molecular weight excluding hydrogens is 168 g/mol. The summed E-state index contributed by atoms with van der Waals surface area (Å²) >= 11 is 0. The van der Waals surface area contributed by atoms with Gasteiger partial charge < -0.3 is 15.4 Å². The lowest BCUT2D eigenvalue weighted by molar-refractivity contribution is -0.00861. The fraction of sp³-hybridized carbons (Fsp3) is 0.889. The topological polar surface area (TPSA) is 55.6 Å². The second kappa shape index (κ2) is 3.18. The zero-order valence-electron chi connectivity index (χ0n) is 8.70. The summed E-state index contributed by atoms with van der Waals surface area (Å²) in [5, 5.41) is 0. The number of nitrogens with two attached hydrogens (primary N) is 1. The van der Waals surface area contributed by atoms with Crippen LogP contribution in [0.25, 0.3) is 0 Å². The van der Waals surface area contributed by atoms with Crippen molar-refractivity contribution in [2.75, 3.05) is 6.54 Å². The molecule has 1 aliphatic heterocycles. The van der Waals surface area contributed by atoms with E-state index < -0.39 is 5.60 Å². The van der Waals surface area contributed by atoms with Gasteiger partial charge in [-0.15, -0.1) is 0 Å². The monoisotopic (exact) mass is 186 g/mol. The second-order valence-electron chi connectivity index (χ2n) is 4.54. The predicted molar refractivity (Wildman–Crippen MR) is 50.4 cm³/mol. The summed E-state index contributed by atoms with van der Waals surface area (Å²) < 4.78 is 5.19. The van der Waals surface area contributed by atoms with Crippen molar-refractivity contribution in [1.82, 2.24) is 4.90 Å². The molecule has 0 aromatic heterocycles. The van der Waals surface area contributed by atoms with Gasteiger partial charge in [0.2, 0.25) is 0 Å². The third-order valence-corrected chi connectivity index (χ3v) is 2.15. The van der Waals surface area contributed by atoms with Crippen LogP contribution in [0, 0.1) is 0 Å². The van der Waals surface area contributed by atoms with E-state index in [4.69, 9.17) is 10.5 Å². The van der Waals surface area contributed by atoms with Gasteiger partial charge in [-0.2, -0.15) is 0 Å². The Bertz CT molecular complexity index is 210.